The van der Waals surface area contributed by atoms with Crippen LogP contribution in [0.5, 0.6) is 0 Å². The number of carbonyl (C=O) groups excluding carboxylic acids is 1. The molecule has 0 unspecified atom stereocenters. The highest BCUT2D eigenvalue weighted by atomic mass is 32.1. The van der Waals surface area contributed by atoms with E-state index in [0.717, 1.165) is 27.9 Å². The third-order valence-corrected chi connectivity index (χ3v) is 5.67. The zero-order chi connectivity index (χ0) is 18.8. The number of rotatable bonds is 7. The zero-order valence-corrected chi connectivity index (χ0v) is 15.8. The molecule has 138 valence electrons. The summed E-state index contributed by atoms with van der Waals surface area (Å²) in [6, 6.07) is 12.2. The fourth-order valence-electron chi connectivity index (χ4n) is 3.49. The number of nitrogens with zero attached hydrogens (tertiary/aromatic N) is 2. The molecule has 4 N–H and O–H groups in total. The second-order valence-corrected chi connectivity index (χ2v) is 7.43. The van der Waals surface area contributed by atoms with Crippen molar-refractivity contribution in [2.24, 2.45) is 5.73 Å². The topological polar surface area (TPSA) is 88.7 Å². The van der Waals surface area contributed by atoms with Gasteiger partial charge in [-0.15, -0.1) is 11.3 Å². The number of hydrogen-bond acceptors (Lipinski definition) is 4. The SMILES string of the molecule is Cc1c(CNCc2cn[nH]c2-c2cccs2)c2ccccc2n1CC(N)=O. The number of thiophene rings is 1. The molecule has 0 bridgehead atoms. The summed E-state index contributed by atoms with van der Waals surface area (Å²) in [7, 11) is 0. The van der Waals surface area contributed by atoms with Gasteiger partial charge in [0.15, 0.2) is 0 Å². The molecule has 4 rings (SSSR count). The van der Waals surface area contributed by atoms with Gasteiger partial charge in [0, 0.05) is 35.2 Å². The monoisotopic (exact) mass is 379 g/mol. The number of carbonyl (C=O) groups is 1. The minimum Gasteiger partial charge on any atom is -0.368 e. The first-order chi connectivity index (χ1) is 13.1. The Hall–Kier alpha value is -2.90. The number of aromatic amines is 1. The summed E-state index contributed by atoms with van der Waals surface area (Å²) in [5.74, 6) is -0.336. The normalized spacial score (nSPS) is 11.3. The Morgan fingerprint density at radius 3 is 2.89 bits per heavy atom. The molecule has 0 radical (unpaired) electrons. The highest BCUT2D eigenvalue weighted by Gasteiger charge is 2.15. The summed E-state index contributed by atoms with van der Waals surface area (Å²) in [6.45, 7) is 3.64. The van der Waals surface area contributed by atoms with Crippen molar-refractivity contribution in [2.45, 2.75) is 26.6 Å². The molecular formula is C20H21N5OS. The zero-order valence-electron chi connectivity index (χ0n) is 15.0. The summed E-state index contributed by atoms with van der Waals surface area (Å²) in [5.41, 5.74) is 10.9. The van der Waals surface area contributed by atoms with Gasteiger partial charge in [0.1, 0.15) is 6.54 Å². The van der Waals surface area contributed by atoms with Crippen LogP contribution in [0.1, 0.15) is 16.8 Å². The van der Waals surface area contributed by atoms with Crippen molar-refractivity contribution >= 4 is 28.1 Å². The summed E-state index contributed by atoms with van der Waals surface area (Å²) in [5, 5.41) is 14.0. The van der Waals surface area contributed by atoms with Gasteiger partial charge in [-0.2, -0.15) is 5.10 Å². The number of hydrogen-bond donors (Lipinski definition) is 3. The lowest BCUT2D eigenvalue weighted by Gasteiger charge is -2.07. The fourth-order valence-corrected chi connectivity index (χ4v) is 4.24. The first-order valence-electron chi connectivity index (χ1n) is 8.77. The maximum Gasteiger partial charge on any atom is 0.237 e. The number of para-hydroxylation sites is 1. The molecule has 6 nitrogen and oxygen atoms in total. The lowest BCUT2D eigenvalue weighted by atomic mass is 10.1. The van der Waals surface area contributed by atoms with Gasteiger partial charge in [-0.25, -0.2) is 0 Å². The molecule has 4 aromatic rings. The van der Waals surface area contributed by atoms with Crippen molar-refractivity contribution in [1.29, 1.82) is 0 Å². The first-order valence-corrected chi connectivity index (χ1v) is 9.65. The number of H-pyrrole nitrogens is 1. The second-order valence-electron chi connectivity index (χ2n) is 6.48. The largest absolute Gasteiger partial charge is 0.368 e. The third kappa shape index (κ3) is 3.39. The summed E-state index contributed by atoms with van der Waals surface area (Å²) in [4.78, 5) is 12.6. The standard InChI is InChI=1S/C20H21N5OS/c1-13-16(15-5-2-3-6-17(15)25(13)12-19(21)26)11-22-9-14-10-23-24-20(14)18-7-4-8-27-18/h2-8,10,22H,9,11-12H2,1H3,(H2,21,26)(H,23,24). The molecule has 7 heteroatoms. The Morgan fingerprint density at radius 2 is 2.11 bits per heavy atom. The Bertz CT molecular complexity index is 1080. The van der Waals surface area contributed by atoms with Crippen molar-refractivity contribution in [3.63, 3.8) is 0 Å². The fraction of sp³-hybridized carbons (Fsp3) is 0.200. The van der Waals surface area contributed by atoms with Gasteiger partial charge in [0.2, 0.25) is 5.91 Å². The minimum absolute atomic E-state index is 0.191. The molecule has 0 saturated heterocycles. The molecule has 3 heterocycles. The number of nitrogens with one attached hydrogen (secondary N) is 2. The predicted octanol–water partition coefficient (Wildman–Crippen LogP) is 3.18. The van der Waals surface area contributed by atoms with Crippen LogP contribution in [0.25, 0.3) is 21.5 Å². The molecule has 0 saturated carbocycles. The Morgan fingerprint density at radius 1 is 1.26 bits per heavy atom. The van der Waals surface area contributed by atoms with E-state index in [1.807, 2.05) is 42.0 Å². The van der Waals surface area contributed by atoms with Crippen molar-refractivity contribution in [3.05, 3.63) is 64.8 Å². The van der Waals surface area contributed by atoms with Crippen LogP contribution in [0.4, 0.5) is 0 Å². The smallest absolute Gasteiger partial charge is 0.237 e. The second kappa shape index (κ2) is 7.38. The number of fused-ring (bicyclic) bond motifs is 1. The minimum atomic E-state index is -0.336. The van der Waals surface area contributed by atoms with Gasteiger partial charge in [0.05, 0.1) is 16.8 Å². The molecule has 0 aliphatic rings. The molecule has 1 aromatic carbocycles. The van der Waals surface area contributed by atoms with Gasteiger partial charge in [-0.1, -0.05) is 24.3 Å². The maximum atomic E-state index is 11.5. The first kappa shape index (κ1) is 17.5. The third-order valence-electron chi connectivity index (χ3n) is 4.78. The van der Waals surface area contributed by atoms with Crippen LogP contribution in [0.2, 0.25) is 0 Å². The number of nitrogens with two attached hydrogens (primary N) is 1. The number of benzene rings is 1. The highest BCUT2D eigenvalue weighted by Crippen LogP contribution is 2.27. The van der Waals surface area contributed by atoms with Crippen molar-refractivity contribution in [3.8, 4) is 10.6 Å². The maximum absolute atomic E-state index is 11.5. The van der Waals surface area contributed by atoms with Crippen LogP contribution < -0.4 is 11.1 Å². The molecule has 27 heavy (non-hydrogen) atoms. The molecule has 0 spiro atoms. The Labute approximate surface area is 161 Å². The van der Waals surface area contributed by atoms with E-state index in [1.165, 1.54) is 10.4 Å². The molecular weight excluding hydrogens is 358 g/mol. The van der Waals surface area contributed by atoms with Gasteiger partial charge in [0.25, 0.3) is 0 Å². The molecule has 0 aliphatic heterocycles. The summed E-state index contributed by atoms with van der Waals surface area (Å²) in [6.07, 6.45) is 1.87. The average Bonchev–Trinajstić information content (AvgIpc) is 3.38. The molecule has 0 aliphatic carbocycles. The van der Waals surface area contributed by atoms with E-state index in [2.05, 4.69) is 33.0 Å². The van der Waals surface area contributed by atoms with Crippen molar-refractivity contribution in [2.75, 3.05) is 0 Å². The van der Waals surface area contributed by atoms with Gasteiger partial charge >= 0.3 is 0 Å². The van der Waals surface area contributed by atoms with E-state index in [-0.39, 0.29) is 12.5 Å². The van der Waals surface area contributed by atoms with Crippen LogP contribution in [-0.2, 0) is 24.4 Å². The van der Waals surface area contributed by atoms with Gasteiger partial charge in [-0.3, -0.25) is 9.89 Å². The number of amides is 1. The summed E-state index contributed by atoms with van der Waals surface area (Å²) < 4.78 is 1.99. The lowest BCUT2D eigenvalue weighted by molar-refractivity contribution is -0.118. The molecule has 3 aromatic heterocycles. The van der Waals surface area contributed by atoms with E-state index in [4.69, 9.17) is 5.73 Å². The van der Waals surface area contributed by atoms with E-state index in [9.17, 15) is 4.79 Å². The van der Waals surface area contributed by atoms with Crippen LogP contribution in [0.3, 0.4) is 0 Å². The van der Waals surface area contributed by atoms with Crippen LogP contribution in [0, 0.1) is 6.92 Å². The average molecular weight is 379 g/mol. The van der Waals surface area contributed by atoms with Gasteiger partial charge < -0.3 is 15.6 Å². The summed E-state index contributed by atoms with van der Waals surface area (Å²) >= 11 is 1.69. The van der Waals surface area contributed by atoms with Crippen LogP contribution >= 0.6 is 11.3 Å². The van der Waals surface area contributed by atoms with E-state index >= 15 is 0 Å². The Kier molecular flexibility index (Phi) is 4.79. The van der Waals surface area contributed by atoms with Gasteiger partial charge in [-0.05, 0) is 30.0 Å². The van der Waals surface area contributed by atoms with Crippen molar-refractivity contribution in [1.82, 2.24) is 20.1 Å². The Balaban J connectivity index is 1.56. The number of aromatic nitrogens is 3. The lowest BCUT2D eigenvalue weighted by Crippen LogP contribution is -2.19. The van der Waals surface area contributed by atoms with E-state index in [0.29, 0.717) is 13.1 Å². The van der Waals surface area contributed by atoms with Crippen molar-refractivity contribution < 1.29 is 4.79 Å². The van der Waals surface area contributed by atoms with Crippen LogP contribution in [-0.4, -0.2) is 20.7 Å². The van der Waals surface area contributed by atoms with E-state index in [1.54, 1.807) is 11.3 Å². The predicted molar refractivity (Wildman–Crippen MR) is 108 cm³/mol. The molecule has 0 fully saturated rings. The molecule has 1 amide bonds. The van der Waals surface area contributed by atoms with Crippen LogP contribution in [0.15, 0.2) is 48.0 Å². The van der Waals surface area contributed by atoms with E-state index < -0.39 is 0 Å². The molecule has 0 atom stereocenters. The highest BCUT2D eigenvalue weighted by molar-refractivity contribution is 7.13. The number of primary amides is 1. The quantitative estimate of drug-likeness (QED) is 0.461.